The van der Waals surface area contributed by atoms with Gasteiger partial charge in [0.05, 0.1) is 25.5 Å². The van der Waals surface area contributed by atoms with Crippen molar-refractivity contribution in [3.05, 3.63) is 27.4 Å². The van der Waals surface area contributed by atoms with E-state index >= 15 is 0 Å². The molecule has 0 aromatic carbocycles. The highest BCUT2D eigenvalue weighted by Crippen LogP contribution is 2.16. The molecule has 98 valence electrons. The van der Waals surface area contributed by atoms with Gasteiger partial charge >= 0.3 is 0 Å². The van der Waals surface area contributed by atoms with Crippen molar-refractivity contribution in [3.63, 3.8) is 0 Å². The molecule has 1 fully saturated rings. The molecule has 1 aliphatic carbocycles. The fraction of sp³-hybridized carbons (Fsp3) is 0.692. The standard InChI is InChI=1S/C13H19N3O2/c17-13-10-3-1-2-4-11(10)14-12(15-13)9-16-5-7-18-8-6-16/h1-9H2,(H,14,15,17). The molecule has 1 aliphatic heterocycles. The highest BCUT2D eigenvalue weighted by Gasteiger charge is 2.17. The number of aromatic amines is 1. The Hall–Kier alpha value is -1.20. The topological polar surface area (TPSA) is 58.2 Å². The molecule has 0 unspecified atom stereocenters. The largest absolute Gasteiger partial charge is 0.379 e. The van der Waals surface area contributed by atoms with E-state index in [-0.39, 0.29) is 5.56 Å². The molecule has 2 aliphatic rings. The minimum absolute atomic E-state index is 0.0722. The van der Waals surface area contributed by atoms with E-state index in [1.807, 2.05) is 0 Å². The lowest BCUT2D eigenvalue weighted by molar-refractivity contribution is 0.0330. The van der Waals surface area contributed by atoms with Crippen molar-refractivity contribution in [2.45, 2.75) is 32.2 Å². The maximum absolute atomic E-state index is 12.0. The average molecular weight is 249 g/mol. The molecule has 18 heavy (non-hydrogen) atoms. The first kappa shape index (κ1) is 11.9. The normalized spacial score (nSPS) is 20.7. The molecule has 0 radical (unpaired) electrons. The molecule has 1 N–H and O–H groups in total. The predicted molar refractivity (Wildman–Crippen MR) is 67.6 cm³/mol. The number of rotatable bonds is 2. The number of H-pyrrole nitrogens is 1. The maximum Gasteiger partial charge on any atom is 0.254 e. The molecule has 0 spiro atoms. The molecule has 2 heterocycles. The summed E-state index contributed by atoms with van der Waals surface area (Å²) in [6.07, 6.45) is 4.10. The highest BCUT2D eigenvalue weighted by molar-refractivity contribution is 5.20. The molecule has 5 heteroatoms. The summed E-state index contributed by atoms with van der Waals surface area (Å²) in [5.74, 6) is 0.808. The summed E-state index contributed by atoms with van der Waals surface area (Å²) in [4.78, 5) is 21.8. The monoisotopic (exact) mass is 249 g/mol. The van der Waals surface area contributed by atoms with Crippen LogP contribution in [-0.2, 0) is 24.1 Å². The lowest BCUT2D eigenvalue weighted by Crippen LogP contribution is -2.37. The molecule has 1 aromatic rings. The number of hydrogen-bond donors (Lipinski definition) is 1. The van der Waals surface area contributed by atoms with E-state index in [1.54, 1.807) is 0 Å². The number of fused-ring (bicyclic) bond motifs is 1. The molecule has 0 atom stereocenters. The third-order valence-corrected chi connectivity index (χ3v) is 3.72. The Kier molecular flexibility index (Phi) is 3.43. The second-order valence-electron chi connectivity index (χ2n) is 5.03. The van der Waals surface area contributed by atoms with E-state index in [2.05, 4.69) is 14.9 Å². The van der Waals surface area contributed by atoms with Crippen LogP contribution >= 0.6 is 0 Å². The van der Waals surface area contributed by atoms with Gasteiger partial charge in [0.1, 0.15) is 5.82 Å². The average Bonchev–Trinajstić information content (AvgIpc) is 2.40. The molecule has 3 rings (SSSR count). The van der Waals surface area contributed by atoms with Gasteiger partial charge in [-0.05, 0) is 25.7 Å². The molecule has 1 aromatic heterocycles. The first-order valence-electron chi connectivity index (χ1n) is 6.74. The van der Waals surface area contributed by atoms with Gasteiger partial charge in [-0.25, -0.2) is 4.98 Å². The van der Waals surface area contributed by atoms with Crippen LogP contribution in [0.5, 0.6) is 0 Å². The minimum Gasteiger partial charge on any atom is -0.379 e. The Bertz CT molecular complexity index is 478. The van der Waals surface area contributed by atoms with E-state index in [0.29, 0.717) is 0 Å². The molecular formula is C13H19N3O2. The summed E-state index contributed by atoms with van der Waals surface area (Å²) in [6.45, 7) is 4.11. The van der Waals surface area contributed by atoms with Gasteiger partial charge in [0.2, 0.25) is 0 Å². The van der Waals surface area contributed by atoms with E-state index < -0.39 is 0 Å². The SMILES string of the molecule is O=c1[nH]c(CN2CCOCC2)nc2c1CCCC2. The maximum atomic E-state index is 12.0. The zero-order chi connectivity index (χ0) is 12.4. The molecular weight excluding hydrogens is 230 g/mol. The number of aryl methyl sites for hydroxylation is 1. The lowest BCUT2D eigenvalue weighted by Gasteiger charge is -2.26. The van der Waals surface area contributed by atoms with Gasteiger partial charge in [-0.3, -0.25) is 9.69 Å². The third-order valence-electron chi connectivity index (χ3n) is 3.72. The van der Waals surface area contributed by atoms with Crippen molar-refractivity contribution in [1.82, 2.24) is 14.9 Å². The number of ether oxygens (including phenoxy) is 1. The predicted octanol–water partition coefficient (Wildman–Crippen LogP) is 0.481. The van der Waals surface area contributed by atoms with Gasteiger partial charge in [0.15, 0.2) is 0 Å². The molecule has 0 amide bonds. The molecule has 5 nitrogen and oxygen atoms in total. The fourth-order valence-electron chi connectivity index (χ4n) is 2.70. The van der Waals surface area contributed by atoms with Crippen molar-refractivity contribution in [2.24, 2.45) is 0 Å². The number of hydrogen-bond acceptors (Lipinski definition) is 4. The lowest BCUT2D eigenvalue weighted by atomic mass is 9.97. The van der Waals surface area contributed by atoms with Crippen molar-refractivity contribution >= 4 is 0 Å². The zero-order valence-corrected chi connectivity index (χ0v) is 10.6. The quantitative estimate of drug-likeness (QED) is 0.828. The van der Waals surface area contributed by atoms with Crippen LogP contribution in [0.2, 0.25) is 0 Å². The zero-order valence-electron chi connectivity index (χ0n) is 10.6. The van der Waals surface area contributed by atoms with E-state index in [1.165, 1.54) is 0 Å². The van der Waals surface area contributed by atoms with Gasteiger partial charge in [-0.2, -0.15) is 0 Å². The van der Waals surface area contributed by atoms with Crippen LogP contribution in [-0.4, -0.2) is 41.2 Å². The summed E-state index contributed by atoms with van der Waals surface area (Å²) >= 11 is 0. The van der Waals surface area contributed by atoms with Crippen LogP contribution in [0.1, 0.15) is 29.9 Å². The van der Waals surface area contributed by atoms with Gasteiger partial charge in [0.25, 0.3) is 5.56 Å². The Morgan fingerprint density at radius 1 is 1.22 bits per heavy atom. The Morgan fingerprint density at radius 3 is 2.83 bits per heavy atom. The molecule has 0 bridgehead atoms. The fourth-order valence-corrected chi connectivity index (χ4v) is 2.70. The van der Waals surface area contributed by atoms with Crippen LogP contribution in [0.4, 0.5) is 0 Å². The molecule has 0 saturated carbocycles. The highest BCUT2D eigenvalue weighted by atomic mass is 16.5. The van der Waals surface area contributed by atoms with Gasteiger partial charge in [-0.15, -0.1) is 0 Å². The summed E-state index contributed by atoms with van der Waals surface area (Å²) in [7, 11) is 0. The van der Waals surface area contributed by atoms with E-state index in [4.69, 9.17) is 4.74 Å². The minimum atomic E-state index is 0.0722. The van der Waals surface area contributed by atoms with Crippen LogP contribution in [0.3, 0.4) is 0 Å². The first-order valence-corrected chi connectivity index (χ1v) is 6.74. The van der Waals surface area contributed by atoms with Crippen molar-refractivity contribution < 1.29 is 4.74 Å². The summed E-state index contributed by atoms with van der Waals surface area (Å²) in [6, 6.07) is 0. The molecule has 1 saturated heterocycles. The first-order chi connectivity index (χ1) is 8.83. The van der Waals surface area contributed by atoms with E-state index in [9.17, 15) is 4.79 Å². The number of morpholine rings is 1. The Morgan fingerprint density at radius 2 is 2.00 bits per heavy atom. The number of aromatic nitrogens is 2. The van der Waals surface area contributed by atoms with Gasteiger partial charge < -0.3 is 9.72 Å². The summed E-state index contributed by atoms with van der Waals surface area (Å²) < 4.78 is 5.32. The third kappa shape index (κ3) is 2.47. The Balaban J connectivity index is 1.80. The smallest absolute Gasteiger partial charge is 0.254 e. The van der Waals surface area contributed by atoms with Gasteiger partial charge in [-0.1, -0.05) is 0 Å². The van der Waals surface area contributed by atoms with E-state index in [0.717, 1.165) is 75.6 Å². The van der Waals surface area contributed by atoms with Crippen LogP contribution in [0.25, 0.3) is 0 Å². The second kappa shape index (κ2) is 5.20. The van der Waals surface area contributed by atoms with Gasteiger partial charge in [0, 0.05) is 18.7 Å². The number of nitrogens with zero attached hydrogens (tertiary/aromatic N) is 2. The van der Waals surface area contributed by atoms with Crippen molar-refractivity contribution in [1.29, 1.82) is 0 Å². The number of nitrogens with one attached hydrogen (secondary N) is 1. The van der Waals surface area contributed by atoms with Crippen LogP contribution < -0.4 is 5.56 Å². The van der Waals surface area contributed by atoms with Crippen LogP contribution in [0, 0.1) is 0 Å². The van der Waals surface area contributed by atoms with Crippen molar-refractivity contribution in [3.8, 4) is 0 Å². The Labute approximate surface area is 106 Å². The summed E-state index contributed by atoms with van der Waals surface area (Å²) in [5, 5.41) is 0. The van der Waals surface area contributed by atoms with Crippen molar-refractivity contribution in [2.75, 3.05) is 26.3 Å². The summed E-state index contributed by atoms with van der Waals surface area (Å²) in [5.41, 5.74) is 2.00. The second-order valence-corrected chi connectivity index (χ2v) is 5.03. The van der Waals surface area contributed by atoms with Crippen LogP contribution in [0.15, 0.2) is 4.79 Å².